The van der Waals surface area contributed by atoms with Crippen molar-refractivity contribution in [2.75, 3.05) is 32.4 Å². The first kappa shape index (κ1) is 27.1. The van der Waals surface area contributed by atoms with Gasteiger partial charge in [0.05, 0.1) is 15.9 Å². The van der Waals surface area contributed by atoms with Crippen LogP contribution in [0.2, 0.25) is 0 Å². The highest BCUT2D eigenvalue weighted by molar-refractivity contribution is 7.90. The van der Waals surface area contributed by atoms with Crippen LogP contribution in [0.1, 0.15) is 36.8 Å². The Morgan fingerprint density at radius 1 is 0.900 bits per heavy atom. The van der Waals surface area contributed by atoms with Gasteiger partial charge in [0.2, 0.25) is 0 Å². The highest BCUT2D eigenvalue weighted by Gasteiger charge is 2.26. The normalized spacial score (nSPS) is 17.7. The zero-order valence-corrected chi connectivity index (χ0v) is 24.3. The minimum absolute atomic E-state index is 0.214. The molecule has 3 heterocycles. The molecular formula is C32H37FN4O2S. The molecule has 40 heavy (non-hydrogen) atoms. The summed E-state index contributed by atoms with van der Waals surface area (Å²) in [6.45, 7) is 7.39. The SMILES string of the molecule is Cc1cc(-c2cc(F)cc(CN3CCC(N4CCCC4)CC3)c2)cc2c1nc(-c1ccc(S(C)(=O)=O)cc1)n2C. The maximum Gasteiger partial charge on any atom is 0.175 e. The molecule has 0 atom stereocenters. The minimum Gasteiger partial charge on any atom is -0.327 e. The summed E-state index contributed by atoms with van der Waals surface area (Å²) in [5, 5.41) is 0. The van der Waals surface area contributed by atoms with E-state index in [-0.39, 0.29) is 10.7 Å². The van der Waals surface area contributed by atoms with E-state index >= 15 is 0 Å². The third kappa shape index (κ3) is 5.45. The summed E-state index contributed by atoms with van der Waals surface area (Å²) < 4.78 is 40.7. The fourth-order valence-electron chi connectivity index (χ4n) is 6.45. The second-order valence-corrected chi connectivity index (χ2v) is 13.6. The maximum atomic E-state index is 14.9. The molecule has 0 bridgehead atoms. The fraction of sp³-hybridized carbons (Fsp3) is 0.406. The molecule has 0 spiro atoms. The number of hydrogen-bond donors (Lipinski definition) is 0. The molecule has 0 aliphatic carbocycles. The Bertz CT molecular complexity index is 1650. The topological polar surface area (TPSA) is 58.4 Å². The van der Waals surface area contributed by atoms with Gasteiger partial charge in [-0.1, -0.05) is 0 Å². The lowest BCUT2D eigenvalue weighted by Crippen LogP contribution is -2.43. The summed E-state index contributed by atoms with van der Waals surface area (Å²) in [7, 11) is -1.31. The smallest absolute Gasteiger partial charge is 0.175 e. The van der Waals surface area contributed by atoms with Crippen molar-refractivity contribution in [2.24, 2.45) is 7.05 Å². The molecule has 1 aromatic heterocycles. The Morgan fingerprint density at radius 2 is 1.57 bits per heavy atom. The van der Waals surface area contributed by atoms with Gasteiger partial charge in [0, 0.05) is 31.5 Å². The summed E-state index contributed by atoms with van der Waals surface area (Å²) in [5.41, 5.74) is 6.51. The van der Waals surface area contributed by atoms with Crippen LogP contribution in [0.25, 0.3) is 33.5 Å². The van der Waals surface area contributed by atoms with Crippen molar-refractivity contribution in [3.63, 3.8) is 0 Å². The zero-order chi connectivity index (χ0) is 28.0. The molecule has 0 amide bonds. The van der Waals surface area contributed by atoms with E-state index in [0.29, 0.717) is 6.04 Å². The van der Waals surface area contributed by atoms with Crippen LogP contribution in [-0.4, -0.2) is 66.2 Å². The average molecular weight is 561 g/mol. The Hall–Kier alpha value is -3.07. The quantitative estimate of drug-likeness (QED) is 0.298. The standard InChI is InChI=1S/C32H37FN4O2S/c1-22-16-25(20-30-31(22)34-32(35(30)2)24-6-8-29(9-7-24)40(3,38)39)26-17-23(18-27(33)19-26)21-36-14-10-28(11-15-36)37-12-4-5-13-37/h6-9,16-20,28H,4-5,10-15,21H2,1-3H3. The number of halogens is 1. The van der Waals surface area contributed by atoms with Crippen molar-refractivity contribution in [3.05, 3.63) is 71.5 Å². The van der Waals surface area contributed by atoms with Crippen LogP contribution in [0, 0.1) is 12.7 Å². The van der Waals surface area contributed by atoms with Gasteiger partial charge in [-0.05, 0) is 136 Å². The average Bonchev–Trinajstić information content (AvgIpc) is 3.57. The molecule has 210 valence electrons. The third-order valence-corrected chi connectivity index (χ3v) is 9.76. The molecule has 0 saturated carbocycles. The predicted molar refractivity (Wildman–Crippen MR) is 158 cm³/mol. The van der Waals surface area contributed by atoms with Crippen molar-refractivity contribution in [1.29, 1.82) is 0 Å². The first-order valence-corrected chi connectivity index (χ1v) is 16.1. The summed E-state index contributed by atoms with van der Waals surface area (Å²) in [6.07, 6.45) is 6.25. The van der Waals surface area contributed by atoms with E-state index in [1.165, 1.54) is 45.0 Å². The first-order valence-electron chi connectivity index (χ1n) is 14.2. The third-order valence-electron chi connectivity index (χ3n) is 8.63. The van der Waals surface area contributed by atoms with Crippen LogP contribution < -0.4 is 0 Å². The molecule has 2 fully saturated rings. The predicted octanol–water partition coefficient (Wildman–Crippen LogP) is 5.82. The molecule has 0 unspecified atom stereocenters. The molecule has 3 aromatic carbocycles. The molecule has 2 aliphatic rings. The minimum atomic E-state index is -3.27. The number of fused-ring (bicyclic) bond motifs is 1. The van der Waals surface area contributed by atoms with Gasteiger partial charge < -0.3 is 9.47 Å². The molecule has 4 aromatic rings. The van der Waals surface area contributed by atoms with Crippen LogP contribution in [0.4, 0.5) is 4.39 Å². The Labute approximate surface area is 236 Å². The molecule has 8 heteroatoms. The zero-order valence-electron chi connectivity index (χ0n) is 23.5. The van der Waals surface area contributed by atoms with E-state index in [2.05, 4.69) is 28.0 Å². The van der Waals surface area contributed by atoms with Crippen molar-refractivity contribution in [1.82, 2.24) is 19.4 Å². The lowest BCUT2D eigenvalue weighted by molar-refractivity contribution is 0.122. The monoisotopic (exact) mass is 560 g/mol. The first-order chi connectivity index (χ1) is 19.2. The van der Waals surface area contributed by atoms with Gasteiger partial charge in [-0.3, -0.25) is 4.90 Å². The largest absolute Gasteiger partial charge is 0.327 e. The van der Waals surface area contributed by atoms with Gasteiger partial charge in [0.1, 0.15) is 11.6 Å². The lowest BCUT2D eigenvalue weighted by atomic mass is 9.99. The highest BCUT2D eigenvalue weighted by atomic mass is 32.2. The van der Waals surface area contributed by atoms with E-state index in [1.54, 1.807) is 36.4 Å². The molecule has 0 N–H and O–H groups in total. The number of aromatic nitrogens is 2. The number of piperidine rings is 1. The summed E-state index contributed by atoms with van der Waals surface area (Å²) >= 11 is 0. The van der Waals surface area contributed by atoms with Gasteiger partial charge >= 0.3 is 0 Å². The van der Waals surface area contributed by atoms with Crippen LogP contribution >= 0.6 is 0 Å². The van der Waals surface area contributed by atoms with Gasteiger partial charge in [-0.2, -0.15) is 0 Å². The van der Waals surface area contributed by atoms with Crippen LogP contribution in [-0.2, 0) is 23.4 Å². The summed E-state index contributed by atoms with van der Waals surface area (Å²) in [4.78, 5) is 10.3. The van der Waals surface area contributed by atoms with E-state index in [9.17, 15) is 12.8 Å². The maximum absolute atomic E-state index is 14.9. The van der Waals surface area contributed by atoms with Crippen molar-refractivity contribution in [3.8, 4) is 22.5 Å². The van der Waals surface area contributed by atoms with Gasteiger partial charge in [-0.25, -0.2) is 17.8 Å². The Kier molecular flexibility index (Phi) is 7.27. The van der Waals surface area contributed by atoms with E-state index < -0.39 is 9.84 Å². The number of benzene rings is 3. The summed E-state index contributed by atoms with van der Waals surface area (Å²) in [6, 6.07) is 17.1. The fourth-order valence-corrected chi connectivity index (χ4v) is 7.08. The second-order valence-electron chi connectivity index (χ2n) is 11.6. The number of hydrogen-bond acceptors (Lipinski definition) is 5. The summed E-state index contributed by atoms with van der Waals surface area (Å²) in [5.74, 6) is 0.543. The Morgan fingerprint density at radius 3 is 2.25 bits per heavy atom. The van der Waals surface area contributed by atoms with E-state index in [4.69, 9.17) is 4.98 Å². The lowest BCUT2D eigenvalue weighted by Gasteiger charge is -2.36. The molecule has 2 saturated heterocycles. The second kappa shape index (κ2) is 10.7. The van der Waals surface area contributed by atoms with Crippen LogP contribution in [0.5, 0.6) is 0 Å². The van der Waals surface area contributed by atoms with E-state index in [1.807, 2.05) is 18.5 Å². The molecule has 6 nitrogen and oxygen atoms in total. The number of imidazole rings is 1. The molecule has 6 rings (SSSR count). The van der Waals surface area contributed by atoms with Crippen molar-refractivity contribution < 1.29 is 12.8 Å². The number of likely N-dealkylation sites (tertiary alicyclic amines) is 2. The Balaban J connectivity index is 1.25. The number of sulfone groups is 1. The molecule has 2 aliphatic heterocycles. The molecular weight excluding hydrogens is 523 g/mol. The van der Waals surface area contributed by atoms with Crippen molar-refractivity contribution in [2.45, 2.75) is 50.1 Å². The highest BCUT2D eigenvalue weighted by Crippen LogP contribution is 2.32. The van der Waals surface area contributed by atoms with Crippen LogP contribution in [0.15, 0.2) is 59.5 Å². The van der Waals surface area contributed by atoms with Gasteiger partial charge in [0.15, 0.2) is 9.84 Å². The van der Waals surface area contributed by atoms with Gasteiger partial charge in [0.25, 0.3) is 0 Å². The molecule has 0 radical (unpaired) electrons. The van der Waals surface area contributed by atoms with E-state index in [0.717, 1.165) is 64.3 Å². The number of rotatable bonds is 6. The van der Waals surface area contributed by atoms with Crippen LogP contribution in [0.3, 0.4) is 0 Å². The van der Waals surface area contributed by atoms with Crippen molar-refractivity contribution >= 4 is 20.9 Å². The number of aryl methyl sites for hydroxylation is 2. The number of nitrogens with zero attached hydrogens (tertiary/aromatic N) is 4. The van der Waals surface area contributed by atoms with Gasteiger partial charge in [-0.15, -0.1) is 0 Å².